The average molecular weight is 440 g/mol. The Labute approximate surface area is 185 Å². The van der Waals surface area contributed by atoms with Crippen LogP contribution in [0.25, 0.3) is 0 Å². The first-order valence-electron chi connectivity index (χ1n) is 9.99. The molecule has 7 heteroatoms. The highest BCUT2D eigenvalue weighted by Crippen LogP contribution is 2.42. The first-order chi connectivity index (χ1) is 15.2. The lowest BCUT2D eigenvalue weighted by Crippen LogP contribution is -2.42. The predicted molar refractivity (Wildman–Crippen MR) is 120 cm³/mol. The number of thiophene rings is 1. The van der Waals surface area contributed by atoms with Gasteiger partial charge in [0.1, 0.15) is 0 Å². The minimum Gasteiger partial charge on any atom is -0.493 e. The van der Waals surface area contributed by atoms with E-state index in [4.69, 9.17) is 18.9 Å². The van der Waals surface area contributed by atoms with Gasteiger partial charge in [-0.3, -0.25) is 4.79 Å². The smallest absolute Gasteiger partial charge is 0.261 e. The van der Waals surface area contributed by atoms with E-state index in [1.165, 1.54) is 0 Å². The van der Waals surface area contributed by atoms with Gasteiger partial charge in [-0.1, -0.05) is 18.2 Å². The highest BCUT2D eigenvalue weighted by molar-refractivity contribution is 7.10. The topological polar surface area (TPSA) is 57.2 Å². The number of carbonyl (C=O) groups excluding carboxylic acids is 1. The Kier molecular flexibility index (Phi) is 6.32. The van der Waals surface area contributed by atoms with Gasteiger partial charge in [0.15, 0.2) is 29.6 Å². The number of ether oxygens (including phenoxy) is 4. The Balaban J connectivity index is 1.64. The molecule has 1 aliphatic heterocycles. The summed E-state index contributed by atoms with van der Waals surface area (Å²) in [7, 11) is 4.84. The van der Waals surface area contributed by atoms with E-state index in [1.54, 1.807) is 38.7 Å². The maximum absolute atomic E-state index is 13.3. The number of hydrogen-bond acceptors (Lipinski definition) is 6. The van der Waals surface area contributed by atoms with Crippen molar-refractivity contribution in [2.45, 2.75) is 12.5 Å². The molecule has 3 aromatic rings. The van der Waals surface area contributed by atoms with Gasteiger partial charge in [0.05, 0.1) is 27.4 Å². The van der Waals surface area contributed by atoms with Crippen LogP contribution in [0.1, 0.15) is 22.0 Å². The summed E-state index contributed by atoms with van der Waals surface area (Å²) in [5.74, 6) is 2.43. The van der Waals surface area contributed by atoms with E-state index in [1.807, 2.05) is 46.7 Å². The van der Waals surface area contributed by atoms with Gasteiger partial charge in [-0.25, -0.2) is 0 Å². The Bertz CT molecular complexity index is 1050. The van der Waals surface area contributed by atoms with Crippen LogP contribution in [0.4, 0.5) is 0 Å². The molecule has 1 atom stereocenters. The molecule has 0 saturated heterocycles. The van der Waals surface area contributed by atoms with Crippen LogP contribution < -0.4 is 18.9 Å². The van der Waals surface area contributed by atoms with Crippen molar-refractivity contribution in [3.63, 3.8) is 0 Å². The number of para-hydroxylation sites is 2. The summed E-state index contributed by atoms with van der Waals surface area (Å²) in [6.07, 6.45) is 0.734. The van der Waals surface area contributed by atoms with Crippen molar-refractivity contribution in [3.8, 4) is 23.0 Å². The molecule has 0 fully saturated rings. The predicted octanol–water partition coefficient (Wildman–Crippen LogP) is 4.33. The fourth-order valence-electron chi connectivity index (χ4n) is 3.93. The van der Waals surface area contributed by atoms with Crippen LogP contribution in [0.3, 0.4) is 0 Å². The normalized spacial score (nSPS) is 15.2. The molecule has 0 aliphatic carbocycles. The largest absolute Gasteiger partial charge is 0.493 e. The molecule has 2 heterocycles. The Morgan fingerprint density at radius 3 is 2.35 bits per heavy atom. The minimum atomic E-state index is -0.197. The van der Waals surface area contributed by atoms with Crippen molar-refractivity contribution in [3.05, 3.63) is 69.9 Å². The Morgan fingerprint density at radius 2 is 1.68 bits per heavy atom. The molecule has 0 saturated carbocycles. The van der Waals surface area contributed by atoms with E-state index >= 15 is 0 Å². The van der Waals surface area contributed by atoms with Crippen molar-refractivity contribution in [2.75, 3.05) is 34.5 Å². The second-order valence-electron chi connectivity index (χ2n) is 7.10. The SMILES string of the molecule is COc1cc2c(cc1OC)C(c1cccs1)N(C(=O)COc1ccccc1OC)CC2. The quantitative estimate of drug-likeness (QED) is 0.549. The fourth-order valence-corrected chi connectivity index (χ4v) is 4.78. The molecule has 1 unspecified atom stereocenters. The number of amides is 1. The molecule has 0 N–H and O–H groups in total. The van der Waals surface area contributed by atoms with Crippen LogP contribution in [0.15, 0.2) is 53.9 Å². The minimum absolute atomic E-state index is 0.0646. The van der Waals surface area contributed by atoms with Gasteiger partial charge in [-0.05, 0) is 53.3 Å². The molecule has 31 heavy (non-hydrogen) atoms. The molecule has 2 aromatic carbocycles. The summed E-state index contributed by atoms with van der Waals surface area (Å²) < 4.78 is 22.2. The molecular weight excluding hydrogens is 414 g/mol. The molecule has 162 valence electrons. The van der Waals surface area contributed by atoms with Crippen molar-refractivity contribution in [2.24, 2.45) is 0 Å². The maximum atomic E-state index is 13.3. The number of nitrogens with zero attached hydrogens (tertiary/aromatic N) is 1. The van der Waals surface area contributed by atoms with Crippen molar-refractivity contribution < 1.29 is 23.7 Å². The number of rotatable bonds is 7. The van der Waals surface area contributed by atoms with Crippen molar-refractivity contribution >= 4 is 17.2 Å². The molecule has 0 radical (unpaired) electrons. The van der Waals surface area contributed by atoms with E-state index in [-0.39, 0.29) is 18.6 Å². The van der Waals surface area contributed by atoms with Gasteiger partial charge < -0.3 is 23.8 Å². The first kappa shape index (κ1) is 21.1. The molecule has 1 amide bonds. The zero-order chi connectivity index (χ0) is 21.8. The zero-order valence-electron chi connectivity index (χ0n) is 17.8. The van der Waals surface area contributed by atoms with Crippen LogP contribution in [0, 0.1) is 0 Å². The highest BCUT2D eigenvalue weighted by atomic mass is 32.1. The lowest BCUT2D eigenvalue weighted by atomic mass is 9.90. The van der Waals surface area contributed by atoms with Crippen molar-refractivity contribution in [1.82, 2.24) is 4.90 Å². The van der Waals surface area contributed by atoms with Crippen LogP contribution in [-0.4, -0.2) is 45.3 Å². The number of fused-ring (bicyclic) bond motifs is 1. The monoisotopic (exact) mass is 439 g/mol. The van der Waals surface area contributed by atoms with Crippen LogP contribution in [-0.2, 0) is 11.2 Å². The Morgan fingerprint density at radius 1 is 0.968 bits per heavy atom. The zero-order valence-corrected chi connectivity index (χ0v) is 18.6. The van der Waals surface area contributed by atoms with Crippen LogP contribution >= 0.6 is 11.3 Å². The van der Waals surface area contributed by atoms with E-state index in [2.05, 4.69) is 6.07 Å². The summed E-state index contributed by atoms with van der Waals surface area (Å²) >= 11 is 1.63. The maximum Gasteiger partial charge on any atom is 0.261 e. The second-order valence-corrected chi connectivity index (χ2v) is 8.08. The second kappa shape index (κ2) is 9.31. The van der Waals surface area contributed by atoms with Gasteiger partial charge in [-0.2, -0.15) is 0 Å². The van der Waals surface area contributed by atoms with Gasteiger partial charge in [0, 0.05) is 11.4 Å². The van der Waals surface area contributed by atoms with Gasteiger partial charge in [0.2, 0.25) is 0 Å². The summed E-state index contributed by atoms with van der Waals surface area (Å²) in [6.45, 7) is 0.532. The molecular formula is C24H25NO5S. The molecule has 1 aliphatic rings. The average Bonchev–Trinajstić information content (AvgIpc) is 3.35. The number of benzene rings is 2. The molecule has 1 aromatic heterocycles. The van der Waals surface area contributed by atoms with E-state index in [9.17, 15) is 4.79 Å². The van der Waals surface area contributed by atoms with Gasteiger partial charge in [-0.15, -0.1) is 11.3 Å². The first-order valence-corrected chi connectivity index (χ1v) is 10.9. The molecule has 0 spiro atoms. The molecule has 6 nitrogen and oxygen atoms in total. The van der Waals surface area contributed by atoms with Crippen LogP contribution in [0.5, 0.6) is 23.0 Å². The standard InChI is InChI=1S/C24H25NO5S/c1-27-18-7-4-5-8-19(18)30-15-23(26)25-11-10-16-13-20(28-2)21(29-3)14-17(16)24(25)22-9-6-12-31-22/h4-9,12-14,24H,10-11,15H2,1-3H3. The van der Waals surface area contributed by atoms with Crippen LogP contribution in [0.2, 0.25) is 0 Å². The van der Waals surface area contributed by atoms with Gasteiger partial charge >= 0.3 is 0 Å². The summed E-state index contributed by atoms with van der Waals surface area (Å²) in [4.78, 5) is 16.3. The van der Waals surface area contributed by atoms with Crippen molar-refractivity contribution in [1.29, 1.82) is 0 Å². The number of hydrogen-bond donors (Lipinski definition) is 0. The number of carbonyl (C=O) groups is 1. The highest BCUT2D eigenvalue weighted by Gasteiger charge is 2.34. The molecule has 4 rings (SSSR count). The third-order valence-corrected chi connectivity index (χ3v) is 6.35. The summed E-state index contributed by atoms with van der Waals surface area (Å²) in [6, 6.07) is 15.2. The Hall–Kier alpha value is -3.19. The summed E-state index contributed by atoms with van der Waals surface area (Å²) in [5.41, 5.74) is 2.21. The van der Waals surface area contributed by atoms with E-state index < -0.39 is 0 Å². The number of methoxy groups -OCH3 is 3. The lowest BCUT2D eigenvalue weighted by molar-refractivity contribution is -0.135. The fraction of sp³-hybridized carbons (Fsp3) is 0.292. The van der Waals surface area contributed by atoms with E-state index in [0.29, 0.717) is 29.5 Å². The van der Waals surface area contributed by atoms with E-state index in [0.717, 1.165) is 22.4 Å². The molecule has 0 bridgehead atoms. The third-order valence-electron chi connectivity index (χ3n) is 5.43. The van der Waals surface area contributed by atoms with Gasteiger partial charge in [0.25, 0.3) is 5.91 Å². The lowest BCUT2D eigenvalue weighted by Gasteiger charge is -2.37. The third kappa shape index (κ3) is 4.18. The summed E-state index contributed by atoms with van der Waals surface area (Å²) in [5, 5.41) is 2.03.